The maximum Gasteiger partial charge on any atom is 0.336 e. The number of hydrogen-bond donors (Lipinski definition) is 3. The van der Waals surface area contributed by atoms with Crippen molar-refractivity contribution in [2.75, 3.05) is 6.54 Å². The molecular formula is C46H71NO9. The lowest BCUT2D eigenvalue weighted by molar-refractivity contribution is -0.204. The summed E-state index contributed by atoms with van der Waals surface area (Å²) in [5.74, 6) is 1.72. The summed E-state index contributed by atoms with van der Waals surface area (Å²) >= 11 is 0. The van der Waals surface area contributed by atoms with Crippen LogP contribution in [0.1, 0.15) is 144 Å². The van der Waals surface area contributed by atoms with Crippen molar-refractivity contribution in [2.45, 2.75) is 187 Å². The molecular weight excluding hydrogens is 711 g/mol. The molecule has 18 atom stereocenters. The molecule has 4 aliphatic carbocycles. The molecule has 9 aliphatic rings. The fourth-order valence-corrected chi connectivity index (χ4v) is 15.4. The Kier molecular flexibility index (Phi) is 11.1. The van der Waals surface area contributed by atoms with Crippen molar-refractivity contribution >= 4 is 17.9 Å². The molecule has 1 unspecified atom stereocenters. The Morgan fingerprint density at radius 2 is 1.66 bits per heavy atom. The molecule has 56 heavy (non-hydrogen) atoms. The molecule has 4 saturated carbocycles. The van der Waals surface area contributed by atoms with E-state index in [1.165, 1.54) is 25.7 Å². The van der Waals surface area contributed by atoms with E-state index in [0.717, 1.165) is 77.2 Å². The Balaban J connectivity index is 0.000000157. The Morgan fingerprint density at radius 3 is 2.34 bits per heavy atom. The van der Waals surface area contributed by atoms with Crippen LogP contribution in [0.5, 0.6) is 0 Å². The lowest BCUT2D eigenvalue weighted by Crippen LogP contribution is -2.58. The van der Waals surface area contributed by atoms with Crippen LogP contribution in [0, 0.1) is 64.1 Å². The van der Waals surface area contributed by atoms with Gasteiger partial charge in [0.2, 0.25) is 5.79 Å². The standard InChI is InChI=1S/C24H40O4.C22H31NO5/c1-14(4-7-21(27)28)17-5-6-18-22-19(9-11-24(17,18)3)23(2)10-8-16(25)12-15(23)13-20(22)26;1-4-14-19-16-8-7-15(18-10-12(2)20(24)26-18)23(16)9-5-6-17(19)27-22(14)11-13(3)21(25)28-22/h14-20,22,25-26H,4-13H2,1-3H3,(H,27,28);11-12,14-19H,4-10H2,1-3H3/t14-,15+,16-,17-,18+,19?,20-,22+,23+,24-;12-,14-,15-,16-,17+,18-,19+,22-/m10/s1. The summed E-state index contributed by atoms with van der Waals surface area (Å²) in [5.41, 5.74) is 1.18. The minimum absolute atomic E-state index is 0.0104. The molecule has 10 heteroatoms. The highest BCUT2D eigenvalue weighted by Crippen LogP contribution is 2.68. The number of carboxylic acids is 1. The molecule has 3 N–H and O–H groups in total. The van der Waals surface area contributed by atoms with Crippen molar-refractivity contribution in [3.05, 3.63) is 11.6 Å². The predicted octanol–water partition coefficient (Wildman–Crippen LogP) is 7.28. The molecule has 0 bridgehead atoms. The molecule has 0 aromatic heterocycles. The molecule has 9 rings (SSSR count). The first-order valence-corrected chi connectivity index (χ1v) is 22.7. The summed E-state index contributed by atoms with van der Waals surface area (Å²) in [6.45, 7) is 14.2. The minimum atomic E-state index is -0.874. The molecule has 5 aliphatic heterocycles. The zero-order valence-corrected chi connectivity index (χ0v) is 35.0. The number of aliphatic hydroxyl groups is 2. The largest absolute Gasteiger partial charge is 0.481 e. The van der Waals surface area contributed by atoms with E-state index in [1.807, 2.05) is 19.9 Å². The number of hydrogen-bond acceptors (Lipinski definition) is 9. The van der Waals surface area contributed by atoms with E-state index in [4.69, 9.17) is 19.3 Å². The van der Waals surface area contributed by atoms with Gasteiger partial charge in [0.1, 0.15) is 6.10 Å². The van der Waals surface area contributed by atoms with Crippen molar-refractivity contribution in [2.24, 2.45) is 64.1 Å². The SMILES string of the molecule is CC[C@H]1[C@H]2[C@@H](CCCN3[C@H]2CC[C@H]3[C@@H]2C[C@H](C)C(=O)O2)O[C@]12C=C(C)C(=O)O2.C[C@H](CCC(=O)O)[C@H]1CC[C@H]2[C@H]3C(CC[C@]12C)[C@@]1(C)CC[C@@H](O)C[C@H]1C[C@H]3O. The quantitative estimate of drug-likeness (QED) is 0.235. The van der Waals surface area contributed by atoms with Crippen LogP contribution in [-0.4, -0.2) is 87.0 Å². The highest BCUT2D eigenvalue weighted by Gasteiger charge is 2.64. The summed E-state index contributed by atoms with van der Waals surface area (Å²) in [6.07, 6.45) is 17.2. The molecule has 10 nitrogen and oxygen atoms in total. The number of cyclic esters (lactones) is 1. The van der Waals surface area contributed by atoms with Gasteiger partial charge in [-0.05, 0) is 162 Å². The average Bonchev–Trinajstić information content (AvgIpc) is 3.92. The molecule has 4 saturated heterocycles. The van der Waals surface area contributed by atoms with Gasteiger partial charge in [-0.1, -0.05) is 34.6 Å². The van der Waals surface area contributed by atoms with Gasteiger partial charge in [-0.25, -0.2) is 4.79 Å². The number of aliphatic hydroxyl groups excluding tert-OH is 2. The summed E-state index contributed by atoms with van der Waals surface area (Å²) in [6, 6.07) is 0.722. The van der Waals surface area contributed by atoms with Crippen LogP contribution >= 0.6 is 0 Å². The topological polar surface area (TPSA) is 143 Å². The average molecular weight is 782 g/mol. The normalized spacial score (nSPS) is 50.0. The lowest BCUT2D eigenvalue weighted by atomic mass is 9.43. The molecule has 0 amide bonds. The van der Waals surface area contributed by atoms with E-state index in [0.29, 0.717) is 59.1 Å². The second kappa shape index (κ2) is 15.2. The fraction of sp³-hybridized carbons (Fsp3) is 0.891. The second-order valence-corrected chi connectivity index (χ2v) is 20.8. The van der Waals surface area contributed by atoms with E-state index in [1.54, 1.807) is 0 Å². The minimum Gasteiger partial charge on any atom is -0.481 e. The molecule has 1 spiro atoms. The van der Waals surface area contributed by atoms with Gasteiger partial charge < -0.3 is 29.5 Å². The number of aliphatic carboxylic acids is 1. The number of carbonyl (C=O) groups excluding carboxylic acids is 2. The first kappa shape index (κ1) is 40.8. The molecule has 8 fully saturated rings. The summed E-state index contributed by atoms with van der Waals surface area (Å²) < 4.78 is 18.1. The van der Waals surface area contributed by atoms with Gasteiger partial charge in [-0.3, -0.25) is 14.5 Å². The third-order valence-corrected chi connectivity index (χ3v) is 18.1. The van der Waals surface area contributed by atoms with Gasteiger partial charge in [-0.15, -0.1) is 0 Å². The Bertz CT molecular complexity index is 1550. The number of fused-ring (bicyclic) bond motifs is 8. The summed E-state index contributed by atoms with van der Waals surface area (Å²) in [5, 5.41) is 30.5. The van der Waals surface area contributed by atoms with Gasteiger partial charge in [-0.2, -0.15) is 0 Å². The molecule has 314 valence electrons. The monoisotopic (exact) mass is 782 g/mol. The molecule has 5 heterocycles. The first-order valence-electron chi connectivity index (χ1n) is 22.7. The fourth-order valence-electron chi connectivity index (χ4n) is 15.4. The van der Waals surface area contributed by atoms with Crippen molar-refractivity contribution in [1.82, 2.24) is 4.90 Å². The van der Waals surface area contributed by atoms with Crippen molar-refractivity contribution in [3.8, 4) is 0 Å². The third kappa shape index (κ3) is 6.70. The number of carboxylic acid groups (broad SMARTS) is 1. The van der Waals surface area contributed by atoms with Crippen LogP contribution in [0.15, 0.2) is 11.6 Å². The molecule has 0 aromatic carbocycles. The Hall–Kier alpha value is -2.01. The second-order valence-electron chi connectivity index (χ2n) is 20.8. The van der Waals surface area contributed by atoms with Crippen molar-refractivity contribution in [1.29, 1.82) is 0 Å². The van der Waals surface area contributed by atoms with E-state index in [2.05, 4.69) is 32.6 Å². The van der Waals surface area contributed by atoms with Gasteiger partial charge in [0.05, 0.1) is 24.2 Å². The van der Waals surface area contributed by atoms with E-state index in [9.17, 15) is 24.6 Å². The third-order valence-electron chi connectivity index (χ3n) is 18.1. The maximum atomic E-state index is 12.2. The smallest absolute Gasteiger partial charge is 0.336 e. The van der Waals surface area contributed by atoms with Crippen LogP contribution in [0.2, 0.25) is 0 Å². The molecule has 0 radical (unpaired) electrons. The van der Waals surface area contributed by atoms with E-state index in [-0.39, 0.29) is 65.4 Å². The molecule has 0 aromatic rings. The number of carbonyl (C=O) groups is 3. The number of rotatable bonds is 6. The van der Waals surface area contributed by atoms with Gasteiger partial charge >= 0.3 is 17.9 Å². The number of esters is 2. The highest BCUT2D eigenvalue weighted by molar-refractivity contribution is 5.90. The van der Waals surface area contributed by atoms with Crippen LogP contribution in [0.4, 0.5) is 0 Å². The summed E-state index contributed by atoms with van der Waals surface area (Å²) in [4.78, 5) is 37.8. The van der Waals surface area contributed by atoms with Crippen LogP contribution in [0.3, 0.4) is 0 Å². The number of ether oxygens (including phenoxy) is 3. The predicted molar refractivity (Wildman–Crippen MR) is 210 cm³/mol. The van der Waals surface area contributed by atoms with Crippen molar-refractivity contribution in [3.63, 3.8) is 0 Å². The number of nitrogens with zero attached hydrogens (tertiary/aromatic N) is 1. The van der Waals surface area contributed by atoms with E-state index < -0.39 is 11.8 Å². The highest BCUT2D eigenvalue weighted by atomic mass is 16.7. The van der Waals surface area contributed by atoms with Crippen LogP contribution in [0.25, 0.3) is 0 Å². The summed E-state index contributed by atoms with van der Waals surface area (Å²) in [7, 11) is 0. The maximum absolute atomic E-state index is 12.2. The zero-order valence-electron chi connectivity index (χ0n) is 35.0. The van der Waals surface area contributed by atoms with Crippen LogP contribution < -0.4 is 0 Å². The lowest BCUT2D eigenvalue weighted by Gasteiger charge is -2.62. The Morgan fingerprint density at radius 1 is 0.929 bits per heavy atom. The zero-order chi connectivity index (χ0) is 39.9. The first-order chi connectivity index (χ1) is 26.6. The van der Waals surface area contributed by atoms with Gasteiger partial charge in [0.25, 0.3) is 0 Å². The van der Waals surface area contributed by atoms with Gasteiger partial charge in [0.15, 0.2) is 0 Å². The van der Waals surface area contributed by atoms with Crippen LogP contribution in [-0.2, 0) is 28.6 Å². The van der Waals surface area contributed by atoms with E-state index >= 15 is 0 Å². The Labute approximate surface area is 334 Å². The van der Waals surface area contributed by atoms with Crippen molar-refractivity contribution < 1.29 is 43.9 Å². The van der Waals surface area contributed by atoms with Gasteiger partial charge in [0, 0.05) is 35.9 Å².